The summed E-state index contributed by atoms with van der Waals surface area (Å²) in [6, 6.07) is 13.3. The second kappa shape index (κ2) is 6.58. The molecule has 2 nitrogen and oxygen atoms in total. The van der Waals surface area contributed by atoms with Crippen molar-refractivity contribution >= 4 is 17.4 Å². The normalized spacial score (nSPS) is 10.3. The topological polar surface area (TPSA) is 26.3 Å². The number of carbonyl (C=O) groups is 1. The minimum Gasteiger partial charge on any atom is -0.495 e. The van der Waals surface area contributed by atoms with Crippen molar-refractivity contribution in [1.29, 1.82) is 0 Å². The Morgan fingerprint density at radius 2 is 1.85 bits per heavy atom. The van der Waals surface area contributed by atoms with Gasteiger partial charge in [0.25, 0.3) is 0 Å². The van der Waals surface area contributed by atoms with Gasteiger partial charge in [-0.25, -0.2) is 0 Å². The number of hydrogen-bond donors (Lipinski definition) is 0. The van der Waals surface area contributed by atoms with Crippen LogP contribution < -0.4 is 4.74 Å². The van der Waals surface area contributed by atoms with Gasteiger partial charge in [-0.15, -0.1) is 0 Å². The van der Waals surface area contributed by atoms with Crippen molar-refractivity contribution in [2.45, 2.75) is 19.8 Å². The average Bonchev–Trinajstić information content (AvgIpc) is 2.45. The van der Waals surface area contributed by atoms with Crippen LogP contribution in [0.2, 0.25) is 5.02 Å². The highest BCUT2D eigenvalue weighted by molar-refractivity contribution is 6.32. The van der Waals surface area contributed by atoms with Gasteiger partial charge in [0.15, 0.2) is 5.78 Å². The lowest BCUT2D eigenvalue weighted by Crippen LogP contribution is -2.01. The van der Waals surface area contributed by atoms with Crippen LogP contribution in [0.4, 0.5) is 0 Å². The van der Waals surface area contributed by atoms with E-state index in [4.69, 9.17) is 16.3 Å². The van der Waals surface area contributed by atoms with Crippen molar-refractivity contribution in [2.75, 3.05) is 7.11 Å². The molecule has 2 rings (SSSR count). The minimum atomic E-state index is 0.150. The summed E-state index contributed by atoms with van der Waals surface area (Å²) >= 11 is 6.07. The number of rotatable bonds is 5. The molecule has 2 aromatic rings. The second-order valence-corrected chi connectivity index (χ2v) is 5.17. The second-order valence-electron chi connectivity index (χ2n) is 4.76. The fraction of sp³-hybridized carbons (Fsp3) is 0.235. The molecule has 0 bridgehead atoms. The van der Waals surface area contributed by atoms with E-state index in [2.05, 4.69) is 0 Å². The summed E-state index contributed by atoms with van der Waals surface area (Å²) in [5, 5.41) is 0.577. The van der Waals surface area contributed by atoms with Crippen molar-refractivity contribution in [2.24, 2.45) is 0 Å². The Kier molecular flexibility index (Phi) is 4.80. The Morgan fingerprint density at radius 1 is 1.15 bits per heavy atom. The number of halogens is 1. The molecule has 0 saturated heterocycles. The molecule has 104 valence electrons. The molecule has 0 atom stereocenters. The van der Waals surface area contributed by atoms with Crippen LogP contribution in [0.1, 0.15) is 27.9 Å². The molecule has 0 amide bonds. The minimum absolute atomic E-state index is 0.150. The largest absolute Gasteiger partial charge is 0.495 e. The third-order valence-corrected chi connectivity index (χ3v) is 3.53. The summed E-state index contributed by atoms with van der Waals surface area (Å²) in [4.78, 5) is 12.1. The molecule has 0 aliphatic rings. The van der Waals surface area contributed by atoms with E-state index in [1.165, 1.54) is 0 Å². The molecule has 0 aliphatic carbocycles. The van der Waals surface area contributed by atoms with Gasteiger partial charge in [0.05, 0.1) is 12.1 Å². The van der Waals surface area contributed by atoms with Crippen LogP contribution in [-0.2, 0) is 6.42 Å². The van der Waals surface area contributed by atoms with E-state index >= 15 is 0 Å². The van der Waals surface area contributed by atoms with E-state index in [1.807, 2.05) is 49.4 Å². The zero-order valence-corrected chi connectivity index (χ0v) is 12.4. The smallest absolute Gasteiger partial charge is 0.163 e. The van der Waals surface area contributed by atoms with Crippen LogP contribution in [0.15, 0.2) is 42.5 Å². The Morgan fingerprint density at radius 3 is 2.45 bits per heavy atom. The monoisotopic (exact) mass is 288 g/mol. The van der Waals surface area contributed by atoms with Gasteiger partial charge in [-0.3, -0.25) is 4.79 Å². The number of methoxy groups -OCH3 is 1. The first-order valence-corrected chi connectivity index (χ1v) is 6.90. The lowest BCUT2D eigenvalue weighted by molar-refractivity contribution is 0.0983. The van der Waals surface area contributed by atoms with Crippen LogP contribution in [0.25, 0.3) is 0 Å². The molecule has 0 N–H and O–H groups in total. The third kappa shape index (κ3) is 3.61. The molecular formula is C17H17ClO2. The predicted molar refractivity (Wildman–Crippen MR) is 81.8 cm³/mol. The molecule has 0 aliphatic heterocycles. The molecule has 0 radical (unpaired) electrons. The standard InChI is InChI=1S/C17H17ClO2/c1-12-3-7-14(8-4-12)16(19)9-5-13-6-10-17(20-2)15(18)11-13/h3-4,6-8,10-11H,5,9H2,1-2H3. The summed E-state index contributed by atoms with van der Waals surface area (Å²) in [5.74, 6) is 0.803. The van der Waals surface area contributed by atoms with Gasteiger partial charge in [0.2, 0.25) is 0 Å². The summed E-state index contributed by atoms with van der Waals surface area (Å²) < 4.78 is 5.11. The van der Waals surface area contributed by atoms with Crippen LogP contribution in [-0.4, -0.2) is 12.9 Å². The molecule has 0 spiro atoms. The highest BCUT2D eigenvalue weighted by atomic mass is 35.5. The fourth-order valence-corrected chi connectivity index (χ4v) is 2.29. The zero-order valence-electron chi connectivity index (χ0n) is 11.7. The summed E-state index contributed by atoms with van der Waals surface area (Å²) in [7, 11) is 1.59. The third-order valence-electron chi connectivity index (χ3n) is 3.23. The van der Waals surface area contributed by atoms with Gasteiger partial charge in [0.1, 0.15) is 5.75 Å². The number of hydrogen-bond acceptors (Lipinski definition) is 2. The van der Waals surface area contributed by atoms with E-state index in [0.29, 0.717) is 23.6 Å². The number of aryl methyl sites for hydroxylation is 2. The summed E-state index contributed by atoms with van der Waals surface area (Å²) in [6.45, 7) is 2.01. The Hall–Kier alpha value is -1.80. The maximum Gasteiger partial charge on any atom is 0.163 e. The van der Waals surface area contributed by atoms with Crippen molar-refractivity contribution in [3.8, 4) is 5.75 Å². The summed E-state index contributed by atoms with van der Waals surface area (Å²) in [5.41, 5.74) is 2.95. The Labute approximate surface area is 124 Å². The van der Waals surface area contributed by atoms with Crippen LogP contribution >= 0.6 is 11.6 Å². The molecule has 0 aromatic heterocycles. The van der Waals surface area contributed by atoms with Crippen LogP contribution in [0.5, 0.6) is 5.75 Å². The SMILES string of the molecule is COc1ccc(CCC(=O)c2ccc(C)cc2)cc1Cl. The lowest BCUT2D eigenvalue weighted by Gasteiger charge is -2.06. The lowest BCUT2D eigenvalue weighted by atomic mass is 10.0. The maximum absolute atomic E-state index is 12.1. The molecule has 0 fully saturated rings. The van der Waals surface area contributed by atoms with Gasteiger partial charge in [0, 0.05) is 12.0 Å². The number of ether oxygens (including phenoxy) is 1. The number of benzene rings is 2. The van der Waals surface area contributed by atoms with Crippen molar-refractivity contribution in [3.05, 3.63) is 64.2 Å². The van der Waals surface area contributed by atoms with Gasteiger partial charge in [-0.2, -0.15) is 0 Å². The first-order valence-electron chi connectivity index (χ1n) is 6.52. The fourth-order valence-electron chi connectivity index (χ4n) is 2.01. The number of carbonyl (C=O) groups excluding carboxylic acids is 1. The molecule has 2 aromatic carbocycles. The van der Waals surface area contributed by atoms with Gasteiger partial charge >= 0.3 is 0 Å². The predicted octanol–water partition coefficient (Wildman–Crippen LogP) is 4.47. The highest BCUT2D eigenvalue weighted by Gasteiger charge is 2.07. The van der Waals surface area contributed by atoms with Gasteiger partial charge < -0.3 is 4.74 Å². The Balaban J connectivity index is 1.99. The number of ketones is 1. The van der Waals surface area contributed by atoms with E-state index in [0.717, 1.165) is 16.7 Å². The van der Waals surface area contributed by atoms with Crippen molar-refractivity contribution in [3.63, 3.8) is 0 Å². The Bertz CT molecular complexity index is 603. The quantitative estimate of drug-likeness (QED) is 0.759. The van der Waals surface area contributed by atoms with E-state index in [9.17, 15) is 4.79 Å². The van der Waals surface area contributed by atoms with E-state index in [-0.39, 0.29) is 5.78 Å². The first kappa shape index (κ1) is 14.6. The van der Waals surface area contributed by atoms with Gasteiger partial charge in [-0.05, 0) is 31.0 Å². The molecule has 0 heterocycles. The van der Waals surface area contributed by atoms with Gasteiger partial charge in [-0.1, -0.05) is 47.5 Å². The molecule has 0 unspecified atom stereocenters. The maximum atomic E-state index is 12.1. The summed E-state index contributed by atoms with van der Waals surface area (Å²) in [6.07, 6.45) is 1.15. The first-order chi connectivity index (χ1) is 9.60. The highest BCUT2D eigenvalue weighted by Crippen LogP contribution is 2.25. The van der Waals surface area contributed by atoms with Crippen LogP contribution in [0, 0.1) is 6.92 Å². The molecular weight excluding hydrogens is 272 g/mol. The van der Waals surface area contributed by atoms with Crippen LogP contribution in [0.3, 0.4) is 0 Å². The zero-order chi connectivity index (χ0) is 14.5. The molecule has 3 heteroatoms. The number of Topliss-reactive ketones (excluding diaryl/α,β-unsaturated/α-hetero) is 1. The van der Waals surface area contributed by atoms with E-state index < -0.39 is 0 Å². The molecule has 20 heavy (non-hydrogen) atoms. The van der Waals surface area contributed by atoms with Crippen molar-refractivity contribution in [1.82, 2.24) is 0 Å². The van der Waals surface area contributed by atoms with E-state index in [1.54, 1.807) is 7.11 Å². The van der Waals surface area contributed by atoms with Crippen molar-refractivity contribution < 1.29 is 9.53 Å². The average molecular weight is 289 g/mol. The molecule has 0 saturated carbocycles.